The number of hydrogen-bond acceptors (Lipinski definition) is 5. The zero-order valence-corrected chi connectivity index (χ0v) is 17.7. The fraction of sp³-hybridized carbons (Fsp3) is 0.273. The number of aryl methyl sites for hydroxylation is 1. The fourth-order valence-corrected chi connectivity index (χ4v) is 5.04. The Kier molecular flexibility index (Phi) is 5.62. The second-order valence-electron chi connectivity index (χ2n) is 7.21. The van der Waals surface area contributed by atoms with Crippen LogP contribution in [0.4, 0.5) is 14.6 Å². The molecular formula is C22H23F2N5S. The number of anilines is 1. The van der Waals surface area contributed by atoms with Crippen molar-refractivity contribution in [1.82, 2.24) is 9.55 Å². The van der Waals surface area contributed by atoms with Crippen molar-refractivity contribution in [3.8, 4) is 0 Å². The minimum absolute atomic E-state index is 0.148. The Bertz CT molecular complexity index is 1080. The number of aromatic nitrogens is 2. The van der Waals surface area contributed by atoms with Gasteiger partial charge in [-0.3, -0.25) is 0 Å². The summed E-state index contributed by atoms with van der Waals surface area (Å²) in [7, 11) is 1.91. The molecule has 0 saturated heterocycles. The molecule has 2 N–H and O–H groups in total. The average Bonchev–Trinajstić information content (AvgIpc) is 3.30. The first-order valence-corrected chi connectivity index (χ1v) is 10.5. The molecule has 4 rings (SSSR count). The maximum atomic E-state index is 14.6. The molecular weight excluding hydrogens is 404 g/mol. The second-order valence-corrected chi connectivity index (χ2v) is 8.47. The van der Waals surface area contributed by atoms with Gasteiger partial charge in [-0.25, -0.2) is 18.8 Å². The molecule has 0 aliphatic carbocycles. The molecule has 1 unspecified atom stereocenters. The summed E-state index contributed by atoms with van der Waals surface area (Å²) in [5.74, 6) is 0.590. The highest BCUT2D eigenvalue weighted by molar-refractivity contribution is 8.15. The van der Waals surface area contributed by atoms with Gasteiger partial charge in [0.05, 0.1) is 6.20 Å². The van der Waals surface area contributed by atoms with Crippen molar-refractivity contribution in [3.63, 3.8) is 0 Å². The van der Waals surface area contributed by atoms with Gasteiger partial charge in [0.15, 0.2) is 5.82 Å². The number of nitrogens with two attached hydrogens (primary N) is 1. The van der Waals surface area contributed by atoms with Gasteiger partial charge in [0.2, 0.25) is 0 Å². The lowest BCUT2D eigenvalue weighted by molar-refractivity contribution is 0.517. The molecule has 3 aromatic rings. The van der Waals surface area contributed by atoms with Gasteiger partial charge in [-0.15, -0.1) is 0 Å². The number of hydrazone groups is 1. The van der Waals surface area contributed by atoms with Crippen LogP contribution in [-0.4, -0.2) is 21.1 Å². The van der Waals surface area contributed by atoms with Gasteiger partial charge in [-0.2, -0.15) is 5.10 Å². The van der Waals surface area contributed by atoms with Crippen LogP contribution >= 0.6 is 11.8 Å². The number of halogens is 2. The molecule has 1 aliphatic heterocycles. The van der Waals surface area contributed by atoms with Gasteiger partial charge in [-0.1, -0.05) is 42.1 Å². The maximum absolute atomic E-state index is 14.6. The van der Waals surface area contributed by atoms with E-state index in [1.54, 1.807) is 6.20 Å². The molecule has 5 nitrogen and oxygen atoms in total. The van der Waals surface area contributed by atoms with Crippen LogP contribution < -0.4 is 10.7 Å². The summed E-state index contributed by atoms with van der Waals surface area (Å²) in [6.07, 6.45) is 3.17. The van der Waals surface area contributed by atoms with Crippen molar-refractivity contribution in [2.45, 2.75) is 24.6 Å². The lowest BCUT2D eigenvalue weighted by Crippen LogP contribution is -2.39. The molecule has 1 atom stereocenters. The van der Waals surface area contributed by atoms with E-state index in [-0.39, 0.29) is 5.56 Å². The summed E-state index contributed by atoms with van der Waals surface area (Å²) in [5.41, 5.74) is 7.02. The number of rotatable bonds is 6. The normalized spacial score (nSPS) is 18.7. The number of nitrogens with zero attached hydrogens (tertiary/aromatic N) is 4. The Hall–Kier alpha value is -2.71. The smallest absolute Gasteiger partial charge is 0.151 e. The largest absolute Gasteiger partial charge is 0.330 e. The Balaban J connectivity index is 1.91. The highest BCUT2D eigenvalue weighted by atomic mass is 32.2. The van der Waals surface area contributed by atoms with Crippen LogP contribution in [0.25, 0.3) is 0 Å². The van der Waals surface area contributed by atoms with Gasteiger partial charge in [0.25, 0.3) is 0 Å². The minimum atomic E-state index is -0.658. The Morgan fingerprint density at radius 3 is 2.57 bits per heavy atom. The molecule has 1 aromatic heterocycles. The predicted molar refractivity (Wildman–Crippen MR) is 117 cm³/mol. The van der Waals surface area contributed by atoms with Crippen LogP contribution in [0.5, 0.6) is 0 Å². The molecule has 0 radical (unpaired) electrons. The fourth-order valence-electron chi connectivity index (χ4n) is 3.61. The van der Waals surface area contributed by atoms with E-state index in [4.69, 9.17) is 10.8 Å². The first kappa shape index (κ1) is 20.6. The molecule has 8 heteroatoms. The number of imidazole rings is 1. The van der Waals surface area contributed by atoms with Crippen LogP contribution in [0.3, 0.4) is 0 Å². The standard InChI is InChI=1S/C22H23F2N5S/c1-15-26-14-20(28(15)2)29-22(11-6-12-25,16-7-4-3-5-8-16)30-21(27-29)18-13-17(23)9-10-19(18)24/h3-5,7-10,13-14H,6,11-12,25H2,1-2H3. The van der Waals surface area contributed by atoms with Crippen molar-refractivity contribution < 1.29 is 8.78 Å². The highest BCUT2D eigenvalue weighted by Gasteiger charge is 2.47. The summed E-state index contributed by atoms with van der Waals surface area (Å²) < 4.78 is 30.5. The van der Waals surface area contributed by atoms with Crippen molar-refractivity contribution >= 4 is 22.6 Å². The quantitative estimate of drug-likeness (QED) is 0.629. The van der Waals surface area contributed by atoms with Gasteiger partial charge < -0.3 is 10.3 Å². The molecule has 2 aromatic carbocycles. The Morgan fingerprint density at radius 2 is 1.90 bits per heavy atom. The maximum Gasteiger partial charge on any atom is 0.151 e. The highest BCUT2D eigenvalue weighted by Crippen LogP contribution is 2.52. The van der Waals surface area contributed by atoms with E-state index < -0.39 is 16.5 Å². The van der Waals surface area contributed by atoms with Crippen LogP contribution in [0.15, 0.2) is 59.8 Å². The number of benzene rings is 2. The number of hydrogen-bond donors (Lipinski definition) is 1. The van der Waals surface area contributed by atoms with Gasteiger partial charge in [0.1, 0.15) is 27.4 Å². The zero-order valence-electron chi connectivity index (χ0n) is 16.8. The monoisotopic (exact) mass is 427 g/mol. The molecule has 0 amide bonds. The molecule has 0 saturated carbocycles. The Morgan fingerprint density at radius 1 is 1.13 bits per heavy atom. The van der Waals surface area contributed by atoms with E-state index in [2.05, 4.69) is 4.98 Å². The van der Waals surface area contributed by atoms with E-state index in [9.17, 15) is 8.78 Å². The lowest BCUT2D eigenvalue weighted by atomic mass is 10.0. The molecule has 0 bridgehead atoms. The SMILES string of the molecule is Cc1ncc(N2N=C(c3cc(F)ccc3F)SC2(CCCN)c2ccccc2)n1C. The third-order valence-corrected chi connectivity index (χ3v) is 6.76. The Labute approximate surface area is 178 Å². The first-order chi connectivity index (χ1) is 14.5. The van der Waals surface area contributed by atoms with Crippen molar-refractivity contribution in [3.05, 3.63) is 83.3 Å². The molecule has 156 valence electrons. The molecule has 0 fully saturated rings. The molecule has 0 spiro atoms. The molecule has 30 heavy (non-hydrogen) atoms. The van der Waals surface area contributed by atoms with E-state index in [0.29, 0.717) is 18.0 Å². The minimum Gasteiger partial charge on any atom is -0.330 e. The van der Waals surface area contributed by atoms with Crippen molar-refractivity contribution in [2.75, 3.05) is 11.6 Å². The van der Waals surface area contributed by atoms with Gasteiger partial charge >= 0.3 is 0 Å². The van der Waals surface area contributed by atoms with Gasteiger partial charge in [-0.05, 0) is 50.1 Å². The zero-order chi connectivity index (χ0) is 21.3. The molecule has 2 heterocycles. The van der Waals surface area contributed by atoms with Crippen LogP contribution in [0, 0.1) is 18.6 Å². The second kappa shape index (κ2) is 8.20. The van der Waals surface area contributed by atoms with Crippen molar-refractivity contribution in [1.29, 1.82) is 0 Å². The first-order valence-electron chi connectivity index (χ1n) is 9.73. The predicted octanol–water partition coefficient (Wildman–Crippen LogP) is 4.51. The van der Waals surface area contributed by atoms with E-state index in [1.807, 2.05) is 53.9 Å². The summed E-state index contributed by atoms with van der Waals surface area (Å²) >= 11 is 1.42. The van der Waals surface area contributed by atoms with Gasteiger partial charge in [0, 0.05) is 12.6 Å². The summed E-state index contributed by atoms with van der Waals surface area (Å²) in [6.45, 7) is 2.42. The summed E-state index contributed by atoms with van der Waals surface area (Å²) in [4.78, 5) is 3.76. The lowest BCUT2D eigenvalue weighted by Gasteiger charge is -2.37. The van der Waals surface area contributed by atoms with Crippen LogP contribution in [-0.2, 0) is 11.9 Å². The van der Waals surface area contributed by atoms with E-state index >= 15 is 0 Å². The topological polar surface area (TPSA) is 59.4 Å². The van der Waals surface area contributed by atoms with E-state index in [1.165, 1.54) is 17.8 Å². The molecule has 1 aliphatic rings. The average molecular weight is 428 g/mol. The third-order valence-electron chi connectivity index (χ3n) is 5.31. The third kappa shape index (κ3) is 3.50. The van der Waals surface area contributed by atoms with Crippen LogP contribution in [0.1, 0.15) is 29.8 Å². The summed E-state index contributed by atoms with van der Waals surface area (Å²) in [6, 6.07) is 13.4. The number of thioether (sulfide) groups is 1. The van der Waals surface area contributed by atoms with Crippen LogP contribution in [0.2, 0.25) is 0 Å². The van der Waals surface area contributed by atoms with Crippen molar-refractivity contribution in [2.24, 2.45) is 17.9 Å². The van der Waals surface area contributed by atoms with E-state index in [0.717, 1.165) is 35.8 Å². The summed E-state index contributed by atoms with van der Waals surface area (Å²) in [5, 5.41) is 7.09.